The summed E-state index contributed by atoms with van der Waals surface area (Å²) in [6.07, 6.45) is -5.21. The third-order valence-corrected chi connectivity index (χ3v) is 1.81. The van der Waals surface area contributed by atoms with E-state index in [0.717, 1.165) is 0 Å². The minimum absolute atomic E-state index is 0. The minimum Gasteiger partial charge on any atom is -0.316 e. The maximum absolute atomic E-state index is 12.9. The molecule has 17 heavy (non-hydrogen) atoms. The number of hydrogen-bond donors (Lipinski definition) is 1. The molecule has 2 N–H and O–H groups in total. The van der Waals surface area contributed by atoms with Crippen molar-refractivity contribution in [2.24, 2.45) is 5.73 Å². The van der Waals surface area contributed by atoms with Crippen LogP contribution in [0.4, 0.5) is 30.7 Å². The summed E-state index contributed by atoms with van der Waals surface area (Å²) in [4.78, 5) is 0. The van der Waals surface area contributed by atoms with Gasteiger partial charge in [-0.3, -0.25) is 0 Å². The Kier molecular flexibility index (Phi) is 4.79. The Bertz CT molecular complexity index is 391. The highest BCUT2D eigenvalue weighted by Crippen LogP contribution is 2.34. The molecule has 9 heteroatoms. The summed E-state index contributed by atoms with van der Waals surface area (Å²) in [6, 6.07) is -3.32. The molecule has 0 amide bonds. The Morgan fingerprint density at radius 3 is 1.59 bits per heavy atom. The molecule has 0 saturated carbocycles. The van der Waals surface area contributed by atoms with E-state index < -0.39 is 41.1 Å². The summed E-state index contributed by atoms with van der Waals surface area (Å²) in [6.45, 7) is 0. The average Bonchev–Trinajstić information content (AvgIpc) is 2.13. The van der Waals surface area contributed by atoms with Gasteiger partial charge in [0.1, 0.15) is 6.04 Å². The van der Waals surface area contributed by atoms with E-state index in [2.05, 4.69) is 5.73 Å². The van der Waals surface area contributed by atoms with Gasteiger partial charge in [0.2, 0.25) is 0 Å². The van der Waals surface area contributed by atoms with Crippen LogP contribution < -0.4 is 5.73 Å². The molecule has 0 fully saturated rings. The summed E-state index contributed by atoms with van der Waals surface area (Å²) >= 11 is 0. The molecule has 0 unspecified atom stereocenters. The molecule has 1 aromatic rings. The third kappa shape index (κ3) is 3.01. The van der Waals surface area contributed by atoms with Gasteiger partial charge in [0.05, 0.1) is 5.56 Å². The first kappa shape index (κ1) is 16.0. The monoisotopic (exact) mass is 283 g/mol. The number of alkyl halides is 3. The second-order valence-electron chi connectivity index (χ2n) is 2.90. The zero-order valence-electron chi connectivity index (χ0n) is 7.79. The standard InChI is InChI=1S/C8H4F7N.ClH/c9-2-1-3(10)6(12)4(5(2)11)7(16)8(13,14)15;/h1,7H,16H2;1H/t7-;/m1./s1. The van der Waals surface area contributed by atoms with Crippen molar-refractivity contribution in [3.63, 3.8) is 0 Å². The normalized spacial score (nSPS) is 13.2. The summed E-state index contributed by atoms with van der Waals surface area (Å²) in [5.74, 6) is -8.17. The molecule has 0 heterocycles. The molecule has 0 bridgehead atoms. The van der Waals surface area contributed by atoms with Crippen LogP contribution in [-0.4, -0.2) is 6.18 Å². The lowest BCUT2D eigenvalue weighted by atomic mass is 10.1. The van der Waals surface area contributed by atoms with Gasteiger partial charge in [-0.25, -0.2) is 17.6 Å². The fourth-order valence-electron chi connectivity index (χ4n) is 1.03. The number of nitrogens with two attached hydrogens (primary N) is 1. The van der Waals surface area contributed by atoms with Gasteiger partial charge in [-0.2, -0.15) is 13.2 Å². The van der Waals surface area contributed by atoms with Gasteiger partial charge < -0.3 is 5.73 Å². The zero-order chi connectivity index (χ0) is 12.7. The quantitative estimate of drug-likeness (QED) is 0.621. The van der Waals surface area contributed by atoms with Gasteiger partial charge in [0.15, 0.2) is 23.3 Å². The lowest BCUT2D eigenvalue weighted by molar-refractivity contribution is -0.150. The topological polar surface area (TPSA) is 26.0 Å². The summed E-state index contributed by atoms with van der Waals surface area (Å²) < 4.78 is 87.0. The molecule has 0 saturated heterocycles. The highest BCUT2D eigenvalue weighted by molar-refractivity contribution is 5.85. The van der Waals surface area contributed by atoms with Gasteiger partial charge in [-0.05, 0) is 0 Å². The summed E-state index contributed by atoms with van der Waals surface area (Å²) in [5.41, 5.74) is 2.60. The maximum Gasteiger partial charge on any atom is 0.407 e. The molecule has 0 aliphatic rings. The molecular formula is C8H5ClF7N. The first-order valence-electron chi connectivity index (χ1n) is 3.81. The average molecular weight is 284 g/mol. The molecule has 0 radical (unpaired) electrons. The van der Waals surface area contributed by atoms with E-state index in [1.54, 1.807) is 0 Å². The van der Waals surface area contributed by atoms with Crippen molar-refractivity contribution in [1.29, 1.82) is 0 Å². The van der Waals surface area contributed by atoms with Crippen molar-refractivity contribution < 1.29 is 30.7 Å². The van der Waals surface area contributed by atoms with E-state index in [9.17, 15) is 30.7 Å². The molecule has 0 aliphatic heterocycles. The highest BCUT2D eigenvalue weighted by atomic mass is 35.5. The lowest BCUT2D eigenvalue weighted by Crippen LogP contribution is -2.31. The van der Waals surface area contributed by atoms with Gasteiger partial charge in [0, 0.05) is 6.07 Å². The number of halogens is 8. The van der Waals surface area contributed by atoms with Crippen LogP contribution in [0, 0.1) is 23.3 Å². The second kappa shape index (κ2) is 5.09. The van der Waals surface area contributed by atoms with Crippen LogP contribution in [0.15, 0.2) is 6.07 Å². The Morgan fingerprint density at radius 2 is 1.29 bits per heavy atom. The largest absolute Gasteiger partial charge is 0.407 e. The third-order valence-electron chi connectivity index (χ3n) is 1.81. The van der Waals surface area contributed by atoms with E-state index in [1.807, 2.05) is 0 Å². The van der Waals surface area contributed by atoms with E-state index in [0.29, 0.717) is 0 Å². The van der Waals surface area contributed by atoms with Crippen LogP contribution in [-0.2, 0) is 0 Å². The predicted molar refractivity (Wildman–Crippen MR) is 46.5 cm³/mol. The predicted octanol–water partition coefficient (Wildman–Crippen LogP) is 3.23. The van der Waals surface area contributed by atoms with E-state index in [1.165, 1.54) is 0 Å². The van der Waals surface area contributed by atoms with Crippen LogP contribution in [0.1, 0.15) is 11.6 Å². The fourth-order valence-corrected chi connectivity index (χ4v) is 1.03. The molecule has 0 aromatic heterocycles. The summed E-state index contributed by atoms with van der Waals surface area (Å²) in [5, 5.41) is 0. The number of hydrogen-bond acceptors (Lipinski definition) is 1. The van der Waals surface area contributed by atoms with Gasteiger partial charge in [-0.1, -0.05) is 0 Å². The number of rotatable bonds is 1. The van der Waals surface area contributed by atoms with E-state index >= 15 is 0 Å². The van der Waals surface area contributed by atoms with Gasteiger partial charge in [-0.15, -0.1) is 12.4 Å². The Balaban J connectivity index is 0.00000256. The van der Waals surface area contributed by atoms with E-state index in [-0.39, 0.29) is 18.5 Å². The van der Waals surface area contributed by atoms with Gasteiger partial charge >= 0.3 is 6.18 Å². The van der Waals surface area contributed by atoms with E-state index in [4.69, 9.17) is 0 Å². The zero-order valence-corrected chi connectivity index (χ0v) is 8.60. The minimum atomic E-state index is -5.21. The van der Waals surface area contributed by atoms with Crippen molar-refractivity contribution in [2.75, 3.05) is 0 Å². The van der Waals surface area contributed by atoms with Gasteiger partial charge in [0.25, 0.3) is 0 Å². The molecule has 98 valence electrons. The second-order valence-corrected chi connectivity index (χ2v) is 2.90. The Morgan fingerprint density at radius 1 is 0.941 bits per heavy atom. The summed E-state index contributed by atoms with van der Waals surface area (Å²) in [7, 11) is 0. The van der Waals surface area contributed by atoms with Crippen LogP contribution in [0.5, 0.6) is 0 Å². The lowest BCUT2D eigenvalue weighted by Gasteiger charge is -2.17. The first-order valence-corrected chi connectivity index (χ1v) is 3.81. The van der Waals surface area contributed by atoms with Crippen LogP contribution >= 0.6 is 12.4 Å². The molecule has 1 atom stereocenters. The Labute approximate surface area is 96.8 Å². The highest BCUT2D eigenvalue weighted by Gasteiger charge is 2.42. The first-order chi connectivity index (χ1) is 7.16. The molecular weight excluding hydrogens is 279 g/mol. The van der Waals surface area contributed by atoms with Crippen LogP contribution in [0.3, 0.4) is 0 Å². The van der Waals surface area contributed by atoms with Crippen molar-refractivity contribution >= 4 is 12.4 Å². The fraction of sp³-hybridized carbons (Fsp3) is 0.250. The molecule has 1 aromatic carbocycles. The molecule has 1 nitrogen and oxygen atoms in total. The Hall–Kier alpha value is -1.02. The molecule has 1 rings (SSSR count). The maximum atomic E-state index is 12.9. The van der Waals surface area contributed by atoms with Crippen molar-refractivity contribution in [3.8, 4) is 0 Å². The van der Waals surface area contributed by atoms with Crippen molar-refractivity contribution in [2.45, 2.75) is 12.2 Å². The van der Waals surface area contributed by atoms with Crippen LogP contribution in [0.25, 0.3) is 0 Å². The smallest absolute Gasteiger partial charge is 0.316 e. The van der Waals surface area contributed by atoms with Crippen molar-refractivity contribution in [1.82, 2.24) is 0 Å². The number of benzene rings is 1. The molecule has 0 spiro atoms. The SMILES string of the molecule is Cl.N[C@H](c1c(F)c(F)cc(F)c1F)C(F)(F)F. The van der Waals surface area contributed by atoms with Crippen molar-refractivity contribution in [3.05, 3.63) is 34.9 Å². The van der Waals surface area contributed by atoms with Crippen LogP contribution in [0.2, 0.25) is 0 Å². The molecule has 0 aliphatic carbocycles.